The van der Waals surface area contributed by atoms with Crippen molar-refractivity contribution in [2.24, 2.45) is 0 Å². The Morgan fingerprint density at radius 2 is 1.84 bits per heavy atom. The van der Waals surface area contributed by atoms with E-state index in [-0.39, 0.29) is 28.0 Å². The number of sulfonamides is 1. The van der Waals surface area contributed by atoms with Gasteiger partial charge in [0, 0.05) is 17.8 Å². The summed E-state index contributed by atoms with van der Waals surface area (Å²) in [6.07, 6.45) is 1.15. The molecule has 0 radical (unpaired) electrons. The minimum atomic E-state index is -3.94. The number of carbonyl (C=O) groups excluding carboxylic acids is 1. The second-order valence-electron chi connectivity index (χ2n) is 6.14. The molecule has 2 aromatic carbocycles. The fourth-order valence-electron chi connectivity index (χ4n) is 2.49. The lowest BCUT2D eigenvalue weighted by Crippen LogP contribution is -2.20. The molecule has 0 unspecified atom stereocenters. The van der Waals surface area contributed by atoms with E-state index < -0.39 is 27.5 Å². The highest BCUT2D eigenvalue weighted by molar-refractivity contribution is 7.92. The number of methoxy groups -OCH3 is 1. The maximum Gasteiger partial charge on any atom is 0.310 e. The Hall–Kier alpha value is -4.26. The van der Waals surface area contributed by atoms with Crippen LogP contribution in [-0.2, 0) is 14.8 Å². The molecule has 0 aliphatic heterocycles. The van der Waals surface area contributed by atoms with Gasteiger partial charge in [0.2, 0.25) is 5.88 Å². The lowest BCUT2D eigenvalue weighted by atomic mass is 10.3. The number of rotatable bonds is 9. The first-order valence-corrected chi connectivity index (χ1v) is 10.4. The number of nitrogens with zero attached hydrogens (tertiary/aromatic N) is 3. The maximum atomic E-state index is 12.5. The highest BCUT2D eigenvalue weighted by Crippen LogP contribution is 2.25. The fourth-order valence-corrected chi connectivity index (χ4v) is 3.49. The molecule has 1 amide bonds. The number of aromatic nitrogens is 2. The summed E-state index contributed by atoms with van der Waals surface area (Å²) in [6.45, 7) is -0.470. The quantitative estimate of drug-likeness (QED) is 0.361. The number of hydrogen-bond donors (Lipinski definition) is 2. The molecule has 2 N–H and O–H groups in total. The van der Waals surface area contributed by atoms with E-state index in [0.717, 1.165) is 6.33 Å². The van der Waals surface area contributed by atoms with Crippen molar-refractivity contribution in [2.75, 3.05) is 23.8 Å². The number of nitro benzene ring substituents is 1. The molecule has 3 aromatic rings. The Bertz CT molecular complexity index is 1230. The third-order valence-corrected chi connectivity index (χ3v) is 5.33. The number of hydrogen-bond acceptors (Lipinski definition) is 9. The predicted molar refractivity (Wildman–Crippen MR) is 113 cm³/mol. The van der Waals surface area contributed by atoms with Crippen LogP contribution >= 0.6 is 0 Å². The van der Waals surface area contributed by atoms with E-state index in [0.29, 0.717) is 5.69 Å². The Kier molecular flexibility index (Phi) is 6.80. The summed E-state index contributed by atoms with van der Waals surface area (Å²) in [5, 5.41) is 13.5. The van der Waals surface area contributed by atoms with Crippen LogP contribution in [0.15, 0.2) is 65.8 Å². The van der Waals surface area contributed by atoms with Crippen LogP contribution in [0.25, 0.3) is 0 Å². The molecule has 0 saturated heterocycles. The van der Waals surface area contributed by atoms with Crippen LogP contribution in [0.2, 0.25) is 0 Å². The largest absolute Gasteiger partial charge is 0.481 e. The molecule has 166 valence electrons. The van der Waals surface area contributed by atoms with Gasteiger partial charge in [-0.1, -0.05) is 12.1 Å². The molecule has 1 heterocycles. The number of para-hydroxylation sites is 2. The molecule has 13 heteroatoms. The minimum absolute atomic E-state index is 0.0291. The van der Waals surface area contributed by atoms with Crippen molar-refractivity contribution in [3.63, 3.8) is 0 Å². The van der Waals surface area contributed by atoms with Gasteiger partial charge in [-0.25, -0.2) is 18.4 Å². The van der Waals surface area contributed by atoms with Gasteiger partial charge >= 0.3 is 5.69 Å². The van der Waals surface area contributed by atoms with Crippen LogP contribution in [0.5, 0.6) is 11.6 Å². The van der Waals surface area contributed by atoms with Gasteiger partial charge < -0.3 is 14.8 Å². The summed E-state index contributed by atoms with van der Waals surface area (Å²) in [6, 6.07) is 12.3. The lowest BCUT2D eigenvalue weighted by Gasteiger charge is -2.10. The molecule has 0 atom stereocenters. The summed E-state index contributed by atoms with van der Waals surface area (Å²) in [5.41, 5.74) is 0.0486. The summed E-state index contributed by atoms with van der Waals surface area (Å²) >= 11 is 0. The first kappa shape index (κ1) is 22.4. The van der Waals surface area contributed by atoms with E-state index in [1.54, 1.807) is 6.07 Å². The highest BCUT2D eigenvalue weighted by atomic mass is 32.2. The van der Waals surface area contributed by atoms with E-state index in [1.807, 2.05) is 0 Å². The number of carbonyl (C=O) groups is 1. The highest BCUT2D eigenvalue weighted by Gasteiger charge is 2.17. The van der Waals surface area contributed by atoms with E-state index in [4.69, 9.17) is 9.47 Å². The summed E-state index contributed by atoms with van der Waals surface area (Å²) < 4.78 is 37.5. The third kappa shape index (κ3) is 5.66. The Morgan fingerprint density at radius 3 is 2.53 bits per heavy atom. The molecule has 12 nitrogen and oxygen atoms in total. The molecule has 1 aromatic heterocycles. The van der Waals surface area contributed by atoms with Crippen LogP contribution in [0.3, 0.4) is 0 Å². The summed E-state index contributed by atoms with van der Waals surface area (Å²) in [7, 11) is -2.55. The molecule has 3 rings (SSSR count). The number of nitrogens with one attached hydrogen (secondary N) is 2. The Balaban J connectivity index is 1.61. The van der Waals surface area contributed by atoms with Crippen molar-refractivity contribution < 1.29 is 27.6 Å². The zero-order chi connectivity index (χ0) is 23.1. The molecule has 0 aliphatic rings. The second-order valence-corrected chi connectivity index (χ2v) is 7.82. The summed E-state index contributed by atoms with van der Waals surface area (Å²) in [4.78, 5) is 30.0. The predicted octanol–water partition coefficient (Wildman–Crippen LogP) is 2.21. The van der Waals surface area contributed by atoms with E-state index in [9.17, 15) is 23.3 Å². The van der Waals surface area contributed by atoms with E-state index in [2.05, 4.69) is 20.0 Å². The number of amides is 1. The maximum absolute atomic E-state index is 12.5. The van der Waals surface area contributed by atoms with E-state index >= 15 is 0 Å². The molecule has 0 bridgehead atoms. The summed E-state index contributed by atoms with van der Waals surface area (Å²) in [5.74, 6) is -0.397. The standard InChI is InChI=1S/C19H17N5O7S/c1-30-19-10-17(20-12-21-19)23-32(28,29)14-8-6-13(7-9-14)22-18(25)11-31-16-5-3-2-4-15(16)24(26)27/h2-10,12H,11H2,1H3,(H,22,25)(H,20,21,23). The molecule has 0 spiro atoms. The molecule has 32 heavy (non-hydrogen) atoms. The number of ether oxygens (including phenoxy) is 2. The van der Waals surface area contributed by atoms with Crippen molar-refractivity contribution in [3.8, 4) is 11.6 Å². The molecular weight excluding hydrogens is 442 g/mol. The van der Waals surface area contributed by atoms with Gasteiger partial charge in [-0.15, -0.1) is 0 Å². The van der Waals surface area contributed by atoms with Gasteiger partial charge in [-0.2, -0.15) is 0 Å². The first-order valence-electron chi connectivity index (χ1n) is 8.93. The first-order chi connectivity index (χ1) is 15.3. The fraction of sp³-hybridized carbons (Fsp3) is 0.105. The van der Waals surface area contributed by atoms with Crippen molar-refractivity contribution in [1.29, 1.82) is 0 Å². The van der Waals surface area contributed by atoms with Crippen molar-refractivity contribution in [3.05, 3.63) is 71.0 Å². The van der Waals surface area contributed by atoms with Crippen LogP contribution < -0.4 is 19.5 Å². The molecule has 0 fully saturated rings. The van der Waals surface area contributed by atoms with Gasteiger partial charge in [-0.05, 0) is 30.3 Å². The average molecular weight is 459 g/mol. The van der Waals surface area contributed by atoms with Gasteiger partial charge in [0.25, 0.3) is 15.9 Å². The SMILES string of the molecule is COc1cc(NS(=O)(=O)c2ccc(NC(=O)COc3ccccc3[N+](=O)[O-])cc2)ncn1. The second kappa shape index (κ2) is 9.70. The lowest BCUT2D eigenvalue weighted by molar-refractivity contribution is -0.385. The number of benzene rings is 2. The van der Waals surface area contributed by atoms with Crippen molar-refractivity contribution in [1.82, 2.24) is 9.97 Å². The van der Waals surface area contributed by atoms with Crippen molar-refractivity contribution in [2.45, 2.75) is 4.90 Å². The molecule has 0 saturated carbocycles. The van der Waals surface area contributed by atoms with Crippen LogP contribution in [-0.4, -0.2) is 42.9 Å². The monoisotopic (exact) mass is 459 g/mol. The van der Waals surface area contributed by atoms with Crippen LogP contribution in [0, 0.1) is 10.1 Å². The topological polar surface area (TPSA) is 163 Å². The normalized spacial score (nSPS) is 10.8. The molecule has 0 aliphatic carbocycles. The number of nitro groups is 1. The van der Waals surface area contributed by atoms with Crippen LogP contribution in [0.1, 0.15) is 0 Å². The minimum Gasteiger partial charge on any atom is -0.481 e. The van der Waals surface area contributed by atoms with Gasteiger partial charge in [0.15, 0.2) is 12.4 Å². The van der Waals surface area contributed by atoms with Crippen molar-refractivity contribution >= 4 is 33.1 Å². The smallest absolute Gasteiger partial charge is 0.310 e. The third-order valence-electron chi connectivity index (χ3n) is 3.96. The molecular formula is C19H17N5O7S. The van der Waals surface area contributed by atoms with Crippen LogP contribution in [0.4, 0.5) is 17.2 Å². The van der Waals surface area contributed by atoms with Gasteiger partial charge in [-0.3, -0.25) is 19.6 Å². The van der Waals surface area contributed by atoms with E-state index in [1.165, 1.54) is 55.6 Å². The zero-order valence-electron chi connectivity index (χ0n) is 16.6. The van der Waals surface area contributed by atoms with Gasteiger partial charge in [0.1, 0.15) is 12.1 Å². The Labute approximate surface area is 182 Å². The average Bonchev–Trinajstić information content (AvgIpc) is 2.78. The van der Waals surface area contributed by atoms with Gasteiger partial charge in [0.05, 0.1) is 16.9 Å². The number of anilines is 2. The Morgan fingerprint density at radius 1 is 1.12 bits per heavy atom. The zero-order valence-corrected chi connectivity index (χ0v) is 17.4.